The van der Waals surface area contributed by atoms with Gasteiger partial charge in [-0.05, 0) is 37.3 Å². The molecule has 1 N–H and O–H groups in total. The molecular formula is C20H18F5NO6S. The molecule has 7 nitrogen and oxygen atoms in total. The van der Waals surface area contributed by atoms with Gasteiger partial charge in [-0.15, -0.1) is 0 Å². The smallest absolute Gasteiger partial charge is 0.416 e. The molecule has 2 aromatic rings. The Kier molecular flexibility index (Phi) is 8.50. The molecule has 0 aromatic heterocycles. The highest BCUT2D eigenvalue weighted by molar-refractivity contribution is 7.89. The van der Waals surface area contributed by atoms with Crippen molar-refractivity contribution in [3.05, 3.63) is 59.2 Å². The number of Topliss-reactive ketones (excluding diaryl/α,β-unsaturated/α-hetero) is 1. The van der Waals surface area contributed by atoms with Gasteiger partial charge in [0, 0.05) is 6.54 Å². The highest BCUT2D eigenvalue weighted by Crippen LogP contribution is 2.30. The fourth-order valence-electron chi connectivity index (χ4n) is 2.57. The van der Waals surface area contributed by atoms with Crippen LogP contribution in [0.2, 0.25) is 0 Å². The topological polar surface area (TPSA) is 98.8 Å². The Morgan fingerprint density at radius 3 is 2.42 bits per heavy atom. The maximum absolute atomic E-state index is 12.7. The number of carbonyl (C=O) groups excluding carboxylic acids is 2. The lowest BCUT2D eigenvalue weighted by molar-refractivity contribution is -0.142. The molecule has 2 aromatic carbocycles. The SMILES string of the molecule is Cc1ccc(OC(F)F)c(C(=O)COC(=O)CCNS(=O)(=O)c2cccc(C(F)(F)F)c2)c1. The van der Waals surface area contributed by atoms with E-state index in [9.17, 15) is 40.0 Å². The lowest BCUT2D eigenvalue weighted by Gasteiger charge is -2.12. The summed E-state index contributed by atoms with van der Waals surface area (Å²) in [5.74, 6) is -2.23. The van der Waals surface area contributed by atoms with Gasteiger partial charge >= 0.3 is 18.8 Å². The Balaban J connectivity index is 1.91. The summed E-state index contributed by atoms with van der Waals surface area (Å²) in [4.78, 5) is 23.4. The van der Waals surface area contributed by atoms with Gasteiger partial charge < -0.3 is 9.47 Å². The van der Waals surface area contributed by atoms with Crippen molar-refractivity contribution in [2.45, 2.75) is 31.0 Å². The normalized spacial score (nSPS) is 12.0. The molecule has 0 unspecified atom stereocenters. The summed E-state index contributed by atoms with van der Waals surface area (Å²) in [6, 6.07) is 6.91. The average molecular weight is 495 g/mol. The number of hydrogen-bond acceptors (Lipinski definition) is 6. The Labute approximate surface area is 185 Å². The molecule has 0 aliphatic carbocycles. The number of sulfonamides is 1. The predicted molar refractivity (Wildman–Crippen MR) is 104 cm³/mol. The average Bonchev–Trinajstić information content (AvgIpc) is 2.72. The minimum Gasteiger partial charge on any atom is -0.457 e. The molecule has 0 aliphatic rings. The molecule has 0 amide bonds. The van der Waals surface area contributed by atoms with E-state index < -0.39 is 70.3 Å². The first-order chi connectivity index (χ1) is 15.3. The van der Waals surface area contributed by atoms with Gasteiger partial charge in [0.05, 0.1) is 22.4 Å². The van der Waals surface area contributed by atoms with Crippen LogP contribution in [0.15, 0.2) is 47.4 Å². The molecule has 180 valence electrons. The van der Waals surface area contributed by atoms with E-state index in [0.717, 1.165) is 12.1 Å². The summed E-state index contributed by atoms with van der Waals surface area (Å²) in [6.07, 6.45) is -5.28. The van der Waals surface area contributed by atoms with Crippen molar-refractivity contribution < 1.29 is 49.4 Å². The summed E-state index contributed by atoms with van der Waals surface area (Å²) in [7, 11) is -4.35. The van der Waals surface area contributed by atoms with Crippen molar-refractivity contribution >= 4 is 21.8 Å². The zero-order chi connectivity index (χ0) is 24.8. The van der Waals surface area contributed by atoms with Crippen LogP contribution < -0.4 is 9.46 Å². The van der Waals surface area contributed by atoms with Gasteiger partial charge in [0.15, 0.2) is 6.61 Å². The van der Waals surface area contributed by atoms with Crippen LogP contribution in [0.5, 0.6) is 5.75 Å². The Morgan fingerprint density at radius 2 is 1.79 bits per heavy atom. The first-order valence-electron chi connectivity index (χ1n) is 9.21. The zero-order valence-corrected chi connectivity index (χ0v) is 17.8. The monoisotopic (exact) mass is 495 g/mol. The summed E-state index contributed by atoms with van der Waals surface area (Å²) in [5.41, 5.74) is -0.821. The molecule has 0 aliphatic heterocycles. The fourth-order valence-corrected chi connectivity index (χ4v) is 3.64. The van der Waals surface area contributed by atoms with Gasteiger partial charge in [-0.2, -0.15) is 22.0 Å². The molecule has 0 spiro atoms. The lowest BCUT2D eigenvalue weighted by atomic mass is 10.1. The molecule has 0 bridgehead atoms. The third kappa shape index (κ3) is 7.79. The first kappa shape index (κ1) is 26.2. The highest BCUT2D eigenvalue weighted by atomic mass is 32.2. The summed E-state index contributed by atoms with van der Waals surface area (Å²) in [5, 5.41) is 0. The van der Waals surface area contributed by atoms with Crippen LogP contribution in [0, 0.1) is 6.92 Å². The fraction of sp³-hybridized carbons (Fsp3) is 0.300. The van der Waals surface area contributed by atoms with Gasteiger partial charge in [-0.1, -0.05) is 17.7 Å². The van der Waals surface area contributed by atoms with E-state index >= 15 is 0 Å². The molecular weight excluding hydrogens is 477 g/mol. The number of aryl methyl sites for hydroxylation is 1. The molecule has 0 saturated heterocycles. The van der Waals surface area contributed by atoms with Gasteiger partial charge in [0.1, 0.15) is 5.75 Å². The van der Waals surface area contributed by atoms with Crippen molar-refractivity contribution in [1.29, 1.82) is 0 Å². The summed E-state index contributed by atoms with van der Waals surface area (Å²) >= 11 is 0. The van der Waals surface area contributed by atoms with E-state index in [1.54, 1.807) is 6.92 Å². The van der Waals surface area contributed by atoms with E-state index in [1.165, 1.54) is 18.2 Å². The number of alkyl halides is 5. The standard InChI is InChI=1S/C20H18F5NO6S/c1-12-5-6-17(32-19(21)22)15(9-12)16(27)11-31-18(28)7-8-26-33(29,30)14-4-2-3-13(10-14)20(23,24)25/h2-6,9-10,19,26H,7-8,11H2,1H3. The van der Waals surface area contributed by atoms with Crippen LogP contribution in [0.4, 0.5) is 22.0 Å². The molecule has 0 atom stereocenters. The van der Waals surface area contributed by atoms with E-state index in [0.29, 0.717) is 17.7 Å². The molecule has 2 rings (SSSR count). The van der Waals surface area contributed by atoms with Crippen LogP contribution in [-0.4, -0.2) is 39.9 Å². The van der Waals surface area contributed by atoms with Crippen LogP contribution in [0.25, 0.3) is 0 Å². The maximum atomic E-state index is 12.7. The summed E-state index contributed by atoms with van der Waals surface area (Å²) in [6.45, 7) is -2.91. The second-order valence-corrected chi connectivity index (χ2v) is 8.40. The number of benzene rings is 2. The summed E-state index contributed by atoms with van der Waals surface area (Å²) < 4.78 is 98.4. The maximum Gasteiger partial charge on any atom is 0.416 e. The lowest BCUT2D eigenvalue weighted by Crippen LogP contribution is -2.27. The number of rotatable bonds is 10. The van der Waals surface area contributed by atoms with Crippen molar-refractivity contribution in [3.63, 3.8) is 0 Å². The third-order valence-corrected chi connectivity index (χ3v) is 5.57. The van der Waals surface area contributed by atoms with Crippen LogP contribution in [-0.2, 0) is 25.7 Å². The Bertz CT molecular complexity index is 1120. The van der Waals surface area contributed by atoms with Crippen molar-refractivity contribution in [2.24, 2.45) is 0 Å². The van der Waals surface area contributed by atoms with E-state index in [1.807, 2.05) is 4.72 Å². The minimum atomic E-state index is -4.74. The number of hydrogen-bond donors (Lipinski definition) is 1. The molecule has 0 saturated carbocycles. The Hall–Kier alpha value is -3.06. The van der Waals surface area contributed by atoms with Gasteiger partial charge in [0.2, 0.25) is 15.8 Å². The van der Waals surface area contributed by atoms with Gasteiger partial charge in [0.25, 0.3) is 0 Å². The predicted octanol–water partition coefficient (Wildman–Crippen LogP) is 3.71. The van der Waals surface area contributed by atoms with Crippen molar-refractivity contribution in [2.75, 3.05) is 13.2 Å². The molecule has 0 fully saturated rings. The zero-order valence-electron chi connectivity index (χ0n) is 17.0. The highest BCUT2D eigenvalue weighted by Gasteiger charge is 2.31. The van der Waals surface area contributed by atoms with Crippen molar-refractivity contribution in [3.8, 4) is 5.75 Å². The molecule has 0 radical (unpaired) electrons. The second-order valence-electron chi connectivity index (χ2n) is 6.64. The number of ether oxygens (including phenoxy) is 2. The van der Waals surface area contributed by atoms with E-state index in [-0.39, 0.29) is 5.56 Å². The number of esters is 1. The quantitative estimate of drug-likeness (QED) is 0.307. The molecule has 13 heteroatoms. The number of ketones is 1. The molecule has 0 heterocycles. The molecule has 33 heavy (non-hydrogen) atoms. The Morgan fingerprint density at radius 1 is 1.09 bits per heavy atom. The first-order valence-corrected chi connectivity index (χ1v) is 10.7. The number of halogens is 5. The minimum absolute atomic E-state index is 0.228. The van der Waals surface area contributed by atoms with Crippen LogP contribution >= 0.6 is 0 Å². The van der Waals surface area contributed by atoms with Gasteiger partial charge in [-0.25, -0.2) is 13.1 Å². The van der Waals surface area contributed by atoms with Crippen molar-refractivity contribution in [1.82, 2.24) is 4.72 Å². The number of carbonyl (C=O) groups is 2. The van der Waals surface area contributed by atoms with Gasteiger partial charge in [-0.3, -0.25) is 9.59 Å². The van der Waals surface area contributed by atoms with E-state index in [2.05, 4.69) is 4.74 Å². The van der Waals surface area contributed by atoms with E-state index in [4.69, 9.17) is 4.74 Å². The second kappa shape index (κ2) is 10.7. The van der Waals surface area contributed by atoms with Crippen LogP contribution in [0.1, 0.15) is 27.9 Å². The largest absolute Gasteiger partial charge is 0.457 e. The van der Waals surface area contributed by atoms with Crippen LogP contribution in [0.3, 0.4) is 0 Å². The number of nitrogens with one attached hydrogen (secondary N) is 1. The third-order valence-electron chi connectivity index (χ3n) is 4.11.